The van der Waals surface area contributed by atoms with Crippen molar-refractivity contribution in [2.45, 2.75) is 0 Å². The number of nitro groups is 1. The van der Waals surface area contributed by atoms with Gasteiger partial charge < -0.3 is 0 Å². The first kappa shape index (κ1) is 15.6. The van der Waals surface area contributed by atoms with E-state index in [9.17, 15) is 19.3 Å². The SMILES string of the molecule is O=C(N/N=C/c1c(F)cccc1Cl)c1ccccc1[N+](=O)[O-]. The van der Waals surface area contributed by atoms with Gasteiger partial charge in [-0.05, 0) is 18.2 Å². The highest BCUT2D eigenvalue weighted by atomic mass is 35.5. The van der Waals surface area contributed by atoms with Gasteiger partial charge in [0.1, 0.15) is 11.4 Å². The van der Waals surface area contributed by atoms with Gasteiger partial charge in [0, 0.05) is 11.6 Å². The maximum absolute atomic E-state index is 13.5. The molecule has 0 radical (unpaired) electrons. The predicted molar refractivity (Wildman–Crippen MR) is 79.6 cm³/mol. The van der Waals surface area contributed by atoms with Crippen molar-refractivity contribution >= 4 is 29.4 Å². The third-order valence-corrected chi connectivity index (χ3v) is 3.03. The van der Waals surface area contributed by atoms with Gasteiger partial charge in [0.2, 0.25) is 0 Å². The van der Waals surface area contributed by atoms with Crippen molar-refractivity contribution in [3.8, 4) is 0 Å². The Morgan fingerprint density at radius 2 is 2.00 bits per heavy atom. The molecular weight excluding hydrogens is 313 g/mol. The first-order chi connectivity index (χ1) is 10.5. The molecule has 0 fully saturated rings. The number of carbonyl (C=O) groups is 1. The van der Waals surface area contributed by atoms with Crippen molar-refractivity contribution in [3.05, 3.63) is 74.5 Å². The van der Waals surface area contributed by atoms with Crippen LogP contribution in [0, 0.1) is 15.9 Å². The van der Waals surface area contributed by atoms with Gasteiger partial charge in [0.25, 0.3) is 11.6 Å². The van der Waals surface area contributed by atoms with Crippen LogP contribution >= 0.6 is 11.6 Å². The second-order valence-corrected chi connectivity index (χ2v) is 4.52. The Balaban J connectivity index is 2.17. The van der Waals surface area contributed by atoms with E-state index < -0.39 is 16.6 Å². The summed E-state index contributed by atoms with van der Waals surface area (Å²) in [4.78, 5) is 22.0. The Morgan fingerprint density at radius 1 is 1.27 bits per heavy atom. The van der Waals surface area contributed by atoms with E-state index in [4.69, 9.17) is 11.6 Å². The van der Waals surface area contributed by atoms with Crippen LogP contribution in [0.1, 0.15) is 15.9 Å². The zero-order valence-corrected chi connectivity index (χ0v) is 11.7. The molecule has 0 aliphatic carbocycles. The number of benzene rings is 2. The largest absolute Gasteiger partial charge is 0.282 e. The van der Waals surface area contributed by atoms with E-state index >= 15 is 0 Å². The van der Waals surface area contributed by atoms with Gasteiger partial charge in [-0.15, -0.1) is 0 Å². The summed E-state index contributed by atoms with van der Waals surface area (Å²) in [5, 5.41) is 14.5. The Bertz CT molecular complexity index is 744. The Hall–Kier alpha value is -2.80. The van der Waals surface area contributed by atoms with E-state index in [2.05, 4.69) is 10.5 Å². The summed E-state index contributed by atoms with van der Waals surface area (Å²) >= 11 is 5.80. The lowest BCUT2D eigenvalue weighted by Crippen LogP contribution is -2.19. The van der Waals surface area contributed by atoms with Crippen molar-refractivity contribution in [3.63, 3.8) is 0 Å². The summed E-state index contributed by atoms with van der Waals surface area (Å²) in [6, 6.07) is 9.51. The monoisotopic (exact) mass is 321 g/mol. The van der Waals surface area contributed by atoms with E-state index in [-0.39, 0.29) is 21.8 Å². The molecule has 2 aromatic rings. The van der Waals surface area contributed by atoms with Gasteiger partial charge in [-0.25, -0.2) is 9.82 Å². The minimum Gasteiger partial charge on any atom is -0.267 e. The highest BCUT2D eigenvalue weighted by Crippen LogP contribution is 2.18. The average molecular weight is 322 g/mol. The summed E-state index contributed by atoms with van der Waals surface area (Å²) in [6.45, 7) is 0. The molecule has 0 saturated carbocycles. The fourth-order valence-corrected chi connectivity index (χ4v) is 1.89. The normalized spacial score (nSPS) is 10.6. The first-order valence-electron chi connectivity index (χ1n) is 6.01. The van der Waals surface area contributed by atoms with Gasteiger partial charge in [-0.1, -0.05) is 29.8 Å². The van der Waals surface area contributed by atoms with E-state index in [1.54, 1.807) is 0 Å². The molecule has 0 heterocycles. The molecule has 0 bridgehead atoms. The van der Waals surface area contributed by atoms with Crippen LogP contribution in [-0.2, 0) is 0 Å². The molecule has 112 valence electrons. The number of amides is 1. The van der Waals surface area contributed by atoms with Crippen LogP contribution in [0.4, 0.5) is 10.1 Å². The van der Waals surface area contributed by atoms with Crippen LogP contribution in [0.15, 0.2) is 47.6 Å². The van der Waals surface area contributed by atoms with Crippen molar-refractivity contribution in [2.75, 3.05) is 0 Å². The van der Waals surface area contributed by atoms with Gasteiger partial charge in [-0.2, -0.15) is 5.10 Å². The molecule has 0 unspecified atom stereocenters. The molecule has 8 heteroatoms. The van der Waals surface area contributed by atoms with Crippen LogP contribution in [-0.4, -0.2) is 17.0 Å². The number of hydrogen-bond donors (Lipinski definition) is 1. The second-order valence-electron chi connectivity index (χ2n) is 4.11. The number of halogens is 2. The molecule has 0 atom stereocenters. The Labute approximate surface area is 129 Å². The number of nitro benzene ring substituents is 1. The number of para-hydroxylation sites is 1. The Morgan fingerprint density at radius 3 is 2.68 bits per heavy atom. The van der Waals surface area contributed by atoms with E-state index in [1.165, 1.54) is 42.5 Å². The van der Waals surface area contributed by atoms with Crippen LogP contribution < -0.4 is 5.43 Å². The number of nitrogens with zero attached hydrogens (tertiary/aromatic N) is 2. The van der Waals surface area contributed by atoms with Gasteiger partial charge >= 0.3 is 0 Å². The highest BCUT2D eigenvalue weighted by molar-refractivity contribution is 6.33. The van der Waals surface area contributed by atoms with E-state index in [0.29, 0.717) is 0 Å². The van der Waals surface area contributed by atoms with Gasteiger partial charge in [0.15, 0.2) is 0 Å². The van der Waals surface area contributed by atoms with Crippen LogP contribution in [0.5, 0.6) is 0 Å². The minimum atomic E-state index is -0.781. The summed E-state index contributed by atoms with van der Waals surface area (Å²) in [6.07, 6.45) is 1.03. The molecule has 2 rings (SSSR count). The van der Waals surface area contributed by atoms with Crippen LogP contribution in [0.25, 0.3) is 0 Å². The number of hydrogen-bond acceptors (Lipinski definition) is 4. The lowest BCUT2D eigenvalue weighted by molar-refractivity contribution is -0.385. The lowest BCUT2D eigenvalue weighted by Gasteiger charge is -2.02. The van der Waals surface area contributed by atoms with Crippen molar-refractivity contribution in [1.29, 1.82) is 0 Å². The molecule has 2 aromatic carbocycles. The zero-order chi connectivity index (χ0) is 16.1. The third kappa shape index (κ3) is 3.44. The molecule has 0 aliphatic rings. The number of carbonyl (C=O) groups excluding carboxylic acids is 1. The topological polar surface area (TPSA) is 84.6 Å². The maximum atomic E-state index is 13.5. The Kier molecular flexibility index (Phi) is 4.80. The first-order valence-corrected chi connectivity index (χ1v) is 6.39. The molecular formula is C14H9ClFN3O3. The summed E-state index contributed by atoms with van der Waals surface area (Å²) in [7, 11) is 0. The standard InChI is InChI=1S/C14H9ClFN3O3/c15-11-5-3-6-12(16)10(11)8-17-18-14(20)9-4-1-2-7-13(9)19(21)22/h1-8H,(H,18,20)/b17-8+. The highest BCUT2D eigenvalue weighted by Gasteiger charge is 2.18. The third-order valence-electron chi connectivity index (χ3n) is 2.70. The fraction of sp³-hybridized carbons (Fsp3) is 0. The predicted octanol–water partition coefficient (Wildman–Crippen LogP) is 3.15. The lowest BCUT2D eigenvalue weighted by atomic mass is 10.2. The fourth-order valence-electron chi connectivity index (χ4n) is 1.67. The van der Waals surface area contributed by atoms with E-state index in [0.717, 1.165) is 6.21 Å². The molecule has 0 saturated heterocycles. The molecule has 1 amide bonds. The van der Waals surface area contributed by atoms with Crippen molar-refractivity contribution in [1.82, 2.24) is 5.43 Å². The van der Waals surface area contributed by atoms with Gasteiger partial charge in [-0.3, -0.25) is 14.9 Å². The molecule has 1 N–H and O–H groups in total. The smallest absolute Gasteiger partial charge is 0.267 e. The number of rotatable bonds is 4. The number of hydrazone groups is 1. The summed E-state index contributed by atoms with van der Waals surface area (Å²) in [5.74, 6) is -1.38. The number of nitrogens with one attached hydrogen (secondary N) is 1. The molecule has 0 aliphatic heterocycles. The molecule has 6 nitrogen and oxygen atoms in total. The summed E-state index contributed by atoms with van der Waals surface area (Å²) < 4.78 is 13.5. The maximum Gasteiger partial charge on any atom is 0.282 e. The van der Waals surface area contributed by atoms with Crippen LogP contribution in [0.2, 0.25) is 5.02 Å². The average Bonchev–Trinajstić information content (AvgIpc) is 2.50. The molecule has 0 spiro atoms. The minimum absolute atomic E-state index is 0.00651. The van der Waals surface area contributed by atoms with Crippen LogP contribution in [0.3, 0.4) is 0 Å². The summed E-state index contributed by atoms with van der Waals surface area (Å²) in [5.41, 5.74) is 1.61. The second kappa shape index (κ2) is 6.77. The van der Waals surface area contributed by atoms with Crippen molar-refractivity contribution in [2.24, 2.45) is 5.10 Å². The molecule has 22 heavy (non-hydrogen) atoms. The zero-order valence-electron chi connectivity index (χ0n) is 11.0. The molecule has 0 aromatic heterocycles. The van der Waals surface area contributed by atoms with Crippen molar-refractivity contribution < 1.29 is 14.1 Å². The van der Waals surface area contributed by atoms with Gasteiger partial charge in [0.05, 0.1) is 16.2 Å². The van der Waals surface area contributed by atoms with E-state index in [1.807, 2.05) is 0 Å². The quantitative estimate of drug-likeness (QED) is 0.533.